The fourth-order valence-corrected chi connectivity index (χ4v) is 4.80. The highest BCUT2D eigenvalue weighted by atomic mass is 35.5. The molecule has 21 heavy (non-hydrogen) atoms. The van der Waals surface area contributed by atoms with E-state index in [9.17, 15) is 21.6 Å². The Morgan fingerprint density at radius 1 is 1.33 bits per heavy atom. The van der Waals surface area contributed by atoms with Crippen LogP contribution in [0.1, 0.15) is 6.42 Å². The summed E-state index contributed by atoms with van der Waals surface area (Å²) in [5.41, 5.74) is 2.04. The molecule has 0 spiro atoms. The standard InChI is InChI=1S/C11H13ClN2O5S2/c12-9-2-1-3-10(6-9)21(18,19)14-13-11(15)8-4-5-20(16,17)7-8/h1-3,6,8,14H,4-5,7H2,(H,13,15)/t8-/m1/s1. The lowest BCUT2D eigenvalue weighted by molar-refractivity contribution is -0.124. The quantitative estimate of drug-likeness (QED) is 0.746. The van der Waals surface area contributed by atoms with Crippen molar-refractivity contribution in [2.24, 2.45) is 5.92 Å². The minimum absolute atomic E-state index is 0.0634. The Balaban J connectivity index is 2.01. The summed E-state index contributed by atoms with van der Waals surface area (Å²) in [4.78, 5) is 13.6. The fourth-order valence-electron chi connectivity index (χ4n) is 1.91. The first-order valence-electron chi connectivity index (χ1n) is 5.97. The minimum Gasteiger partial charge on any atom is -0.277 e. The third kappa shape index (κ3) is 4.16. The van der Waals surface area contributed by atoms with Crippen molar-refractivity contribution in [2.45, 2.75) is 11.3 Å². The summed E-state index contributed by atoms with van der Waals surface area (Å²) in [7, 11) is -7.16. The number of nitrogens with one attached hydrogen (secondary N) is 2. The van der Waals surface area contributed by atoms with Gasteiger partial charge in [-0.1, -0.05) is 17.7 Å². The summed E-state index contributed by atoms with van der Waals surface area (Å²) in [6, 6.07) is 5.53. The van der Waals surface area contributed by atoms with Crippen molar-refractivity contribution in [3.8, 4) is 0 Å². The average Bonchev–Trinajstić information content (AvgIpc) is 2.76. The van der Waals surface area contributed by atoms with Gasteiger partial charge in [0.1, 0.15) is 0 Å². The van der Waals surface area contributed by atoms with Gasteiger partial charge in [0, 0.05) is 5.02 Å². The predicted octanol–water partition coefficient (Wildman–Crippen LogP) is 0.0842. The molecular formula is C11H13ClN2O5S2. The molecule has 2 N–H and O–H groups in total. The molecule has 1 aliphatic rings. The highest BCUT2D eigenvalue weighted by Gasteiger charge is 2.33. The topological polar surface area (TPSA) is 109 Å². The third-order valence-electron chi connectivity index (χ3n) is 3.02. The molecule has 0 bridgehead atoms. The molecule has 1 saturated heterocycles. The molecule has 0 unspecified atom stereocenters. The highest BCUT2D eigenvalue weighted by molar-refractivity contribution is 7.91. The van der Waals surface area contributed by atoms with Crippen molar-refractivity contribution in [1.82, 2.24) is 10.3 Å². The van der Waals surface area contributed by atoms with Crippen LogP contribution < -0.4 is 10.3 Å². The zero-order valence-electron chi connectivity index (χ0n) is 10.7. The zero-order valence-corrected chi connectivity index (χ0v) is 13.1. The molecule has 0 aliphatic carbocycles. The molecule has 1 aliphatic heterocycles. The minimum atomic E-state index is -3.95. The Morgan fingerprint density at radius 3 is 2.62 bits per heavy atom. The van der Waals surface area contributed by atoms with Crippen LogP contribution in [0, 0.1) is 5.92 Å². The van der Waals surface area contributed by atoms with Gasteiger partial charge in [-0.05, 0) is 24.6 Å². The second-order valence-corrected chi connectivity index (χ2v) is 9.00. The van der Waals surface area contributed by atoms with Gasteiger partial charge in [-0.2, -0.15) is 0 Å². The SMILES string of the molecule is O=C(NNS(=O)(=O)c1cccc(Cl)c1)[C@@H]1CCS(=O)(=O)C1. The van der Waals surface area contributed by atoms with E-state index >= 15 is 0 Å². The smallest absolute Gasteiger partial charge is 0.257 e. The molecule has 2 rings (SSSR count). The van der Waals surface area contributed by atoms with Crippen LogP contribution in [0.2, 0.25) is 5.02 Å². The van der Waals surface area contributed by atoms with E-state index in [2.05, 4.69) is 0 Å². The summed E-state index contributed by atoms with van der Waals surface area (Å²) < 4.78 is 46.4. The molecule has 1 aromatic carbocycles. The van der Waals surface area contributed by atoms with E-state index in [1.54, 1.807) is 0 Å². The predicted molar refractivity (Wildman–Crippen MR) is 76.7 cm³/mol. The van der Waals surface area contributed by atoms with Crippen molar-refractivity contribution >= 4 is 37.4 Å². The van der Waals surface area contributed by atoms with E-state index in [0.29, 0.717) is 0 Å². The van der Waals surface area contributed by atoms with Crippen molar-refractivity contribution in [3.63, 3.8) is 0 Å². The van der Waals surface area contributed by atoms with Crippen LogP contribution in [0.5, 0.6) is 0 Å². The molecule has 1 fully saturated rings. The first-order valence-corrected chi connectivity index (χ1v) is 9.65. The van der Waals surface area contributed by atoms with Crippen LogP contribution in [0.25, 0.3) is 0 Å². The fraction of sp³-hybridized carbons (Fsp3) is 0.364. The molecule has 1 heterocycles. The van der Waals surface area contributed by atoms with E-state index in [1.807, 2.05) is 10.3 Å². The van der Waals surface area contributed by atoms with Crippen molar-refractivity contribution < 1.29 is 21.6 Å². The van der Waals surface area contributed by atoms with E-state index in [4.69, 9.17) is 11.6 Å². The van der Waals surface area contributed by atoms with Crippen molar-refractivity contribution in [2.75, 3.05) is 11.5 Å². The number of sulfone groups is 1. The number of rotatable bonds is 4. The maximum Gasteiger partial charge on any atom is 0.257 e. The Morgan fingerprint density at radius 2 is 2.05 bits per heavy atom. The lowest BCUT2D eigenvalue weighted by atomic mass is 10.1. The summed E-state index contributed by atoms with van der Waals surface area (Å²) >= 11 is 5.70. The number of carbonyl (C=O) groups excluding carboxylic acids is 1. The summed E-state index contributed by atoms with van der Waals surface area (Å²) in [5, 5.41) is 0.242. The summed E-state index contributed by atoms with van der Waals surface area (Å²) in [6.07, 6.45) is 0.188. The highest BCUT2D eigenvalue weighted by Crippen LogP contribution is 2.18. The van der Waals surface area contributed by atoms with E-state index < -0.39 is 31.7 Å². The maximum atomic E-state index is 11.9. The van der Waals surface area contributed by atoms with Gasteiger partial charge < -0.3 is 0 Å². The van der Waals surface area contributed by atoms with Crippen LogP contribution in [0.3, 0.4) is 0 Å². The molecule has 1 aromatic rings. The lowest BCUT2D eigenvalue weighted by Crippen LogP contribution is -2.44. The molecule has 7 nitrogen and oxygen atoms in total. The second kappa shape index (κ2) is 5.91. The third-order valence-corrected chi connectivity index (χ3v) is 6.27. The number of hydrogen-bond acceptors (Lipinski definition) is 5. The molecule has 0 saturated carbocycles. The molecule has 10 heteroatoms. The van der Waals surface area contributed by atoms with Crippen molar-refractivity contribution in [1.29, 1.82) is 0 Å². The monoisotopic (exact) mass is 352 g/mol. The number of halogens is 1. The Labute approximate surface area is 127 Å². The van der Waals surface area contributed by atoms with E-state index in [0.717, 1.165) is 0 Å². The maximum absolute atomic E-state index is 11.9. The molecular weight excluding hydrogens is 340 g/mol. The van der Waals surface area contributed by atoms with Gasteiger partial charge >= 0.3 is 0 Å². The van der Waals surface area contributed by atoms with Gasteiger partial charge in [0.05, 0.1) is 22.3 Å². The molecule has 1 amide bonds. The largest absolute Gasteiger partial charge is 0.277 e. The van der Waals surface area contributed by atoms with E-state index in [1.165, 1.54) is 24.3 Å². The number of hydrogen-bond donors (Lipinski definition) is 2. The Kier molecular flexibility index (Phi) is 4.57. The normalized spacial score (nSPS) is 21.1. The zero-order chi connectivity index (χ0) is 15.7. The van der Waals surface area contributed by atoms with Crippen LogP contribution in [-0.2, 0) is 24.7 Å². The number of carbonyl (C=O) groups is 1. The van der Waals surface area contributed by atoms with Crippen molar-refractivity contribution in [3.05, 3.63) is 29.3 Å². The molecule has 116 valence electrons. The second-order valence-electron chi connectivity index (χ2n) is 4.65. The van der Waals surface area contributed by atoms with Gasteiger partial charge in [0.25, 0.3) is 10.0 Å². The van der Waals surface area contributed by atoms with Gasteiger partial charge in [-0.3, -0.25) is 10.2 Å². The van der Waals surface area contributed by atoms with Gasteiger partial charge in [-0.15, -0.1) is 4.83 Å². The number of hydrazine groups is 1. The first-order chi connectivity index (χ1) is 9.70. The summed E-state index contributed by atoms with van der Waals surface area (Å²) in [5.74, 6) is -1.73. The van der Waals surface area contributed by atoms with Crippen LogP contribution in [-0.4, -0.2) is 34.2 Å². The summed E-state index contributed by atoms with van der Waals surface area (Å²) in [6.45, 7) is 0. The Hall–Kier alpha value is -1.16. The number of sulfonamides is 1. The Bertz CT molecular complexity index is 761. The average molecular weight is 353 g/mol. The number of benzene rings is 1. The van der Waals surface area contributed by atoms with Gasteiger partial charge in [0.15, 0.2) is 9.84 Å². The van der Waals surface area contributed by atoms with Crippen LogP contribution in [0.4, 0.5) is 0 Å². The van der Waals surface area contributed by atoms with Gasteiger partial charge in [0.2, 0.25) is 5.91 Å². The molecule has 0 aromatic heterocycles. The van der Waals surface area contributed by atoms with E-state index in [-0.39, 0.29) is 27.8 Å². The van der Waals surface area contributed by atoms with Crippen LogP contribution >= 0.6 is 11.6 Å². The van der Waals surface area contributed by atoms with Crippen LogP contribution in [0.15, 0.2) is 29.2 Å². The molecule has 1 atom stereocenters. The molecule has 0 radical (unpaired) electrons. The van der Waals surface area contributed by atoms with Gasteiger partial charge in [-0.25, -0.2) is 16.8 Å². The lowest BCUT2D eigenvalue weighted by Gasteiger charge is -2.11. The first kappa shape index (κ1) is 16.2. The number of amides is 1.